The van der Waals surface area contributed by atoms with Gasteiger partial charge in [-0.2, -0.15) is 0 Å². The number of esters is 1. The van der Waals surface area contributed by atoms with Crippen LogP contribution >= 0.6 is 0 Å². The van der Waals surface area contributed by atoms with E-state index in [0.717, 1.165) is 11.1 Å². The van der Waals surface area contributed by atoms with E-state index in [1.807, 2.05) is 31.2 Å². The molecular weight excluding hydrogens is 396 g/mol. The topological polar surface area (TPSA) is 103 Å². The minimum Gasteiger partial charge on any atom is -0.463 e. The fourth-order valence-electron chi connectivity index (χ4n) is 3.17. The first kappa shape index (κ1) is 22.1. The van der Waals surface area contributed by atoms with Crippen LogP contribution in [0.3, 0.4) is 0 Å². The molecule has 0 bridgehead atoms. The maximum Gasteiger partial charge on any atom is 0.308 e. The molecule has 1 atom stereocenters. The summed E-state index contributed by atoms with van der Waals surface area (Å²) in [4.78, 5) is 37.3. The van der Waals surface area contributed by atoms with E-state index in [-0.39, 0.29) is 37.0 Å². The van der Waals surface area contributed by atoms with Gasteiger partial charge in [0.2, 0.25) is 5.91 Å². The molecule has 3 aromatic rings. The standard InChI is InChI=1S/C23H26N4O4/c1-15(2)31-22(29)14-20(17-10-8-16(3)9-11-17)24-21(28)12-13-27-23(30)18-6-4-5-7-19(18)25-26-27/h4-11,15,20H,12-14H2,1-3H3,(H,24,28)/t20-/m1/s1. The summed E-state index contributed by atoms with van der Waals surface area (Å²) in [6.45, 7) is 5.60. The van der Waals surface area contributed by atoms with Gasteiger partial charge in [-0.25, -0.2) is 4.68 Å². The van der Waals surface area contributed by atoms with Crippen LogP contribution in [-0.2, 0) is 20.9 Å². The first-order valence-corrected chi connectivity index (χ1v) is 10.2. The highest BCUT2D eigenvalue weighted by Crippen LogP contribution is 2.19. The molecule has 0 saturated heterocycles. The maximum atomic E-state index is 12.6. The van der Waals surface area contributed by atoms with Crippen molar-refractivity contribution in [3.05, 3.63) is 70.0 Å². The Bertz CT molecular complexity index is 1120. The van der Waals surface area contributed by atoms with E-state index in [1.54, 1.807) is 38.1 Å². The number of hydrogen-bond acceptors (Lipinski definition) is 6. The number of fused-ring (bicyclic) bond motifs is 1. The normalized spacial score (nSPS) is 12.0. The predicted octanol–water partition coefficient (Wildman–Crippen LogP) is 2.69. The molecule has 3 rings (SSSR count). The zero-order valence-corrected chi connectivity index (χ0v) is 17.9. The number of nitrogens with zero attached hydrogens (tertiary/aromatic N) is 3. The lowest BCUT2D eigenvalue weighted by molar-refractivity contribution is -0.148. The van der Waals surface area contributed by atoms with Gasteiger partial charge in [0.05, 0.1) is 30.5 Å². The van der Waals surface area contributed by atoms with Crippen LogP contribution in [0, 0.1) is 6.92 Å². The summed E-state index contributed by atoms with van der Waals surface area (Å²) < 4.78 is 6.42. The monoisotopic (exact) mass is 422 g/mol. The van der Waals surface area contributed by atoms with Gasteiger partial charge in [0, 0.05) is 6.42 Å². The molecule has 0 spiro atoms. The van der Waals surface area contributed by atoms with Gasteiger partial charge in [-0.15, -0.1) is 5.10 Å². The SMILES string of the molecule is Cc1ccc([C@@H](CC(=O)OC(C)C)NC(=O)CCn2nnc3ccccc3c2=O)cc1. The minimum atomic E-state index is -0.529. The zero-order chi connectivity index (χ0) is 22.4. The lowest BCUT2D eigenvalue weighted by atomic mass is 10.0. The number of amides is 1. The Kier molecular flexibility index (Phi) is 7.12. The average Bonchev–Trinajstić information content (AvgIpc) is 2.73. The smallest absolute Gasteiger partial charge is 0.308 e. The Balaban J connectivity index is 1.69. The Morgan fingerprint density at radius 2 is 1.81 bits per heavy atom. The molecule has 0 radical (unpaired) electrons. The van der Waals surface area contributed by atoms with E-state index in [4.69, 9.17) is 4.74 Å². The van der Waals surface area contributed by atoms with Crippen molar-refractivity contribution in [1.82, 2.24) is 20.3 Å². The van der Waals surface area contributed by atoms with Crippen LogP contribution in [0.4, 0.5) is 0 Å². The predicted molar refractivity (Wildman–Crippen MR) is 116 cm³/mol. The molecule has 31 heavy (non-hydrogen) atoms. The third-order valence-electron chi connectivity index (χ3n) is 4.73. The van der Waals surface area contributed by atoms with Crippen LogP contribution in [-0.4, -0.2) is 33.0 Å². The molecule has 0 saturated carbocycles. The van der Waals surface area contributed by atoms with Crippen molar-refractivity contribution < 1.29 is 14.3 Å². The van der Waals surface area contributed by atoms with Crippen molar-refractivity contribution >= 4 is 22.8 Å². The Morgan fingerprint density at radius 3 is 2.52 bits per heavy atom. The van der Waals surface area contributed by atoms with Crippen LogP contribution in [0.2, 0.25) is 0 Å². The van der Waals surface area contributed by atoms with Gasteiger partial charge in [-0.05, 0) is 38.5 Å². The summed E-state index contributed by atoms with van der Waals surface area (Å²) in [6.07, 6.45) is -0.197. The van der Waals surface area contributed by atoms with E-state index < -0.39 is 12.0 Å². The third kappa shape index (κ3) is 5.97. The molecule has 162 valence electrons. The number of carbonyl (C=O) groups is 2. The van der Waals surface area contributed by atoms with Gasteiger partial charge >= 0.3 is 5.97 Å². The molecule has 2 aromatic carbocycles. The molecule has 1 heterocycles. The largest absolute Gasteiger partial charge is 0.463 e. The van der Waals surface area contributed by atoms with E-state index in [0.29, 0.717) is 10.9 Å². The summed E-state index contributed by atoms with van der Waals surface area (Å²) in [5.74, 6) is -0.692. The fourth-order valence-corrected chi connectivity index (χ4v) is 3.17. The Hall–Kier alpha value is -3.55. The third-order valence-corrected chi connectivity index (χ3v) is 4.73. The molecule has 8 heteroatoms. The number of aromatic nitrogens is 3. The Labute approximate surface area is 180 Å². The fraction of sp³-hybridized carbons (Fsp3) is 0.348. The van der Waals surface area contributed by atoms with Crippen molar-refractivity contribution in [2.24, 2.45) is 0 Å². The van der Waals surface area contributed by atoms with Gasteiger partial charge < -0.3 is 10.1 Å². The van der Waals surface area contributed by atoms with Crippen molar-refractivity contribution in [3.8, 4) is 0 Å². The van der Waals surface area contributed by atoms with Crippen molar-refractivity contribution in [2.45, 2.75) is 52.3 Å². The second-order valence-electron chi connectivity index (χ2n) is 7.66. The average molecular weight is 422 g/mol. The molecule has 0 aliphatic heterocycles. The first-order chi connectivity index (χ1) is 14.8. The zero-order valence-electron chi connectivity index (χ0n) is 17.9. The van der Waals surface area contributed by atoms with Crippen molar-refractivity contribution in [3.63, 3.8) is 0 Å². The number of rotatable bonds is 8. The van der Waals surface area contributed by atoms with Gasteiger partial charge in [-0.3, -0.25) is 14.4 Å². The maximum absolute atomic E-state index is 12.6. The van der Waals surface area contributed by atoms with Crippen molar-refractivity contribution in [2.75, 3.05) is 0 Å². The summed E-state index contributed by atoms with van der Waals surface area (Å²) in [7, 11) is 0. The van der Waals surface area contributed by atoms with Gasteiger partial charge in [0.1, 0.15) is 5.52 Å². The highest BCUT2D eigenvalue weighted by Gasteiger charge is 2.20. The van der Waals surface area contributed by atoms with Crippen LogP contribution in [0.25, 0.3) is 10.9 Å². The van der Waals surface area contributed by atoms with Crippen molar-refractivity contribution in [1.29, 1.82) is 0 Å². The molecule has 1 N–H and O–H groups in total. The van der Waals surface area contributed by atoms with Crippen LogP contribution in [0.5, 0.6) is 0 Å². The van der Waals surface area contributed by atoms with Gasteiger partial charge in [0.15, 0.2) is 0 Å². The molecule has 0 fully saturated rings. The van der Waals surface area contributed by atoms with E-state index >= 15 is 0 Å². The molecule has 0 aliphatic carbocycles. The summed E-state index contributed by atoms with van der Waals surface area (Å²) in [5.41, 5.74) is 2.10. The molecule has 1 amide bonds. The molecular formula is C23H26N4O4. The van der Waals surface area contributed by atoms with E-state index in [9.17, 15) is 14.4 Å². The molecule has 0 aliphatic rings. The van der Waals surface area contributed by atoms with Crippen LogP contribution in [0.15, 0.2) is 53.3 Å². The molecule has 1 aromatic heterocycles. The highest BCUT2D eigenvalue weighted by molar-refractivity contribution is 5.78. The first-order valence-electron chi connectivity index (χ1n) is 10.2. The highest BCUT2D eigenvalue weighted by atomic mass is 16.5. The Morgan fingerprint density at radius 1 is 1.10 bits per heavy atom. The summed E-state index contributed by atoms with van der Waals surface area (Å²) in [5, 5.41) is 11.3. The van der Waals surface area contributed by atoms with E-state index in [2.05, 4.69) is 15.6 Å². The quantitative estimate of drug-likeness (QED) is 0.560. The summed E-state index contributed by atoms with van der Waals surface area (Å²) >= 11 is 0. The summed E-state index contributed by atoms with van der Waals surface area (Å²) in [6, 6.07) is 14.0. The van der Waals surface area contributed by atoms with Gasteiger partial charge in [0.25, 0.3) is 5.56 Å². The number of nitrogens with one attached hydrogen (secondary N) is 1. The lowest BCUT2D eigenvalue weighted by Crippen LogP contribution is -2.33. The lowest BCUT2D eigenvalue weighted by Gasteiger charge is -2.20. The van der Waals surface area contributed by atoms with Crippen LogP contribution < -0.4 is 10.9 Å². The van der Waals surface area contributed by atoms with Gasteiger partial charge in [-0.1, -0.05) is 47.2 Å². The number of ether oxygens (including phenoxy) is 1. The second-order valence-corrected chi connectivity index (χ2v) is 7.66. The number of aryl methyl sites for hydroxylation is 2. The molecule has 8 nitrogen and oxygen atoms in total. The van der Waals surface area contributed by atoms with Crippen LogP contribution in [0.1, 0.15) is 43.9 Å². The minimum absolute atomic E-state index is 0.0166. The number of benzene rings is 2. The number of hydrogen-bond donors (Lipinski definition) is 1. The second kappa shape index (κ2) is 9.97. The molecule has 0 unspecified atom stereocenters. The number of carbonyl (C=O) groups excluding carboxylic acids is 2. The van der Waals surface area contributed by atoms with E-state index in [1.165, 1.54) is 4.68 Å².